The maximum absolute atomic E-state index is 12.1. The van der Waals surface area contributed by atoms with E-state index in [1.54, 1.807) is 0 Å². The van der Waals surface area contributed by atoms with Gasteiger partial charge >= 0.3 is 5.97 Å². The molecule has 0 heterocycles. The van der Waals surface area contributed by atoms with Crippen molar-refractivity contribution in [2.45, 2.75) is 380 Å². The van der Waals surface area contributed by atoms with Crippen molar-refractivity contribution in [1.29, 1.82) is 0 Å². The van der Waals surface area contributed by atoms with E-state index in [1.807, 2.05) is 0 Å². The van der Waals surface area contributed by atoms with Crippen LogP contribution in [0.15, 0.2) is 0 Å². The summed E-state index contributed by atoms with van der Waals surface area (Å²) in [7, 11) is 0. The number of carbonyl (C=O) groups excluding carboxylic acids is 1. The smallest absolute Gasteiger partial charge is 0.305 e. The molecule has 0 aromatic carbocycles. The molecule has 0 spiro atoms. The second-order valence-corrected chi connectivity index (χ2v) is 21.2. The summed E-state index contributed by atoms with van der Waals surface area (Å²) in [5, 5.41) is 10.1. The Kier molecular flexibility index (Phi) is 58.0. The third-order valence-electron chi connectivity index (χ3n) is 14.6. The highest BCUT2D eigenvalue weighted by Crippen LogP contribution is 2.19. The van der Waals surface area contributed by atoms with Crippen molar-refractivity contribution < 1.29 is 14.6 Å². The largest absolute Gasteiger partial charge is 0.466 e. The van der Waals surface area contributed by atoms with Crippen molar-refractivity contribution in [1.82, 2.24) is 0 Å². The van der Waals surface area contributed by atoms with E-state index in [4.69, 9.17) is 4.74 Å². The van der Waals surface area contributed by atoms with Crippen LogP contribution in [0.1, 0.15) is 373 Å². The zero-order valence-corrected chi connectivity index (χ0v) is 44.6. The normalized spacial score (nSPS) is 12.1. The van der Waals surface area contributed by atoms with Crippen molar-refractivity contribution in [3.05, 3.63) is 0 Å². The second kappa shape index (κ2) is 58.6. The first-order valence-electron chi connectivity index (χ1n) is 30.5. The maximum atomic E-state index is 12.1. The van der Waals surface area contributed by atoms with Crippen LogP contribution in [0.5, 0.6) is 0 Å². The zero-order valence-electron chi connectivity index (χ0n) is 44.6. The van der Waals surface area contributed by atoms with Crippen LogP contribution in [0, 0.1) is 0 Å². The fraction of sp³-hybridized carbons (Fsp3) is 0.984. The van der Waals surface area contributed by atoms with Crippen LogP contribution in [0.25, 0.3) is 0 Å². The summed E-state index contributed by atoms with van der Waals surface area (Å²) in [5.74, 6) is 0.00937. The van der Waals surface area contributed by atoms with E-state index in [0.717, 1.165) is 32.1 Å². The lowest BCUT2D eigenvalue weighted by Crippen LogP contribution is -2.06. The molecule has 1 atom stereocenters. The van der Waals surface area contributed by atoms with Crippen LogP contribution >= 0.6 is 0 Å². The average Bonchev–Trinajstić information content (AvgIpc) is 3.30. The molecule has 0 amide bonds. The number of carbonyl (C=O) groups is 1. The molecule has 0 aliphatic heterocycles. The number of rotatable bonds is 58. The molecule has 0 aromatic rings. The quantitative estimate of drug-likeness (QED) is 0.0489. The van der Waals surface area contributed by atoms with Crippen LogP contribution in [0.2, 0.25) is 0 Å². The summed E-state index contributed by atoms with van der Waals surface area (Å²) in [6.45, 7) is 5.16. The van der Waals surface area contributed by atoms with Gasteiger partial charge in [-0.25, -0.2) is 0 Å². The Balaban J connectivity index is 3.14. The molecule has 3 heteroatoms. The molecule has 0 bridgehead atoms. The molecule has 384 valence electrons. The van der Waals surface area contributed by atoms with Crippen molar-refractivity contribution >= 4 is 5.97 Å². The van der Waals surface area contributed by atoms with Crippen LogP contribution in [0.4, 0.5) is 0 Å². The lowest BCUT2D eigenvalue weighted by atomic mass is 10.0. The van der Waals surface area contributed by atoms with Gasteiger partial charge < -0.3 is 9.84 Å². The first-order valence-corrected chi connectivity index (χ1v) is 30.5. The summed E-state index contributed by atoms with van der Waals surface area (Å²) in [5.41, 5.74) is 0. The summed E-state index contributed by atoms with van der Waals surface area (Å²) < 4.78 is 5.49. The van der Waals surface area contributed by atoms with Crippen LogP contribution < -0.4 is 0 Å². The summed E-state index contributed by atoms with van der Waals surface area (Å²) in [4.78, 5) is 12.1. The molecule has 64 heavy (non-hydrogen) atoms. The lowest BCUT2D eigenvalue weighted by Gasteiger charge is -2.10. The standard InChI is InChI=1S/C61H122O3/c1-3-5-7-9-10-11-12-13-14-15-16-17-18-19-20-21-22-23-24-25-26-27-28-29-30-31-32-33-34-35-36-37-38-39-40-41-42-45-48-51-55-59-64-61(63)58-54-50-47-44-43-46-49-53-57-60(62)56-52-8-6-4-2/h60,62H,3-59H2,1-2H3. The van der Waals surface area contributed by atoms with Crippen molar-refractivity contribution in [2.75, 3.05) is 6.61 Å². The van der Waals surface area contributed by atoms with Gasteiger partial charge in [0.25, 0.3) is 0 Å². The Hall–Kier alpha value is -0.570. The zero-order chi connectivity index (χ0) is 46.2. The molecule has 1 N–H and O–H groups in total. The molecular formula is C61H122O3. The van der Waals surface area contributed by atoms with E-state index in [-0.39, 0.29) is 12.1 Å². The van der Waals surface area contributed by atoms with Gasteiger partial charge in [0.1, 0.15) is 0 Å². The first-order chi connectivity index (χ1) is 31.7. The highest BCUT2D eigenvalue weighted by atomic mass is 16.5. The average molecular weight is 904 g/mol. The number of esters is 1. The van der Waals surface area contributed by atoms with Crippen LogP contribution in [-0.2, 0) is 9.53 Å². The van der Waals surface area contributed by atoms with Gasteiger partial charge in [-0.2, -0.15) is 0 Å². The number of hydrogen-bond acceptors (Lipinski definition) is 3. The van der Waals surface area contributed by atoms with E-state index in [1.165, 1.54) is 321 Å². The number of aliphatic hydroxyl groups is 1. The van der Waals surface area contributed by atoms with Crippen LogP contribution in [0.3, 0.4) is 0 Å². The molecule has 1 unspecified atom stereocenters. The Bertz CT molecular complexity index is 826. The molecule has 0 aliphatic rings. The van der Waals surface area contributed by atoms with Crippen molar-refractivity contribution in [3.8, 4) is 0 Å². The molecule has 0 aromatic heterocycles. The third kappa shape index (κ3) is 57.6. The predicted molar refractivity (Wildman–Crippen MR) is 287 cm³/mol. The van der Waals surface area contributed by atoms with Gasteiger partial charge in [0, 0.05) is 6.42 Å². The van der Waals surface area contributed by atoms with Crippen molar-refractivity contribution in [2.24, 2.45) is 0 Å². The van der Waals surface area contributed by atoms with Gasteiger partial charge in [0.05, 0.1) is 12.7 Å². The summed E-state index contributed by atoms with van der Waals surface area (Å²) in [6.07, 6.45) is 76.2. The molecule has 3 nitrogen and oxygen atoms in total. The van der Waals surface area contributed by atoms with Gasteiger partial charge in [-0.05, 0) is 25.7 Å². The molecule has 0 radical (unpaired) electrons. The van der Waals surface area contributed by atoms with Gasteiger partial charge in [-0.1, -0.05) is 341 Å². The first kappa shape index (κ1) is 63.4. The summed E-state index contributed by atoms with van der Waals surface area (Å²) >= 11 is 0. The highest BCUT2D eigenvalue weighted by molar-refractivity contribution is 5.69. The van der Waals surface area contributed by atoms with E-state index >= 15 is 0 Å². The minimum absolute atomic E-state index is 0.00937. The number of unbranched alkanes of at least 4 members (excludes halogenated alkanes) is 50. The minimum Gasteiger partial charge on any atom is -0.466 e. The molecular weight excluding hydrogens is 781 g/mol. The van der Waals surface area contributed by atoms with Gasteiger partial charge in [0.15, 0.2) is 0 Å². The van der Waals surface area contributed by atoms with Gasteiger partial charge in [-0.3, -0.25) is 4.79 Å². The maximum Gasteiger partial charge on any atom is 0.305 e. The SMILES string of the molecule is CCCCCCCCCCCCCCCCCCCCCCCCCCCCCCCCCCCCCCCCCCCOC(=O)CCCCCCCCCCC(O)CCCCCC. The lowest BCUT2D eigenvalue weighted by molar-refractivity contribution is -0.143. The number of hydrogen-bond donors (Lipinski definition) is 1. The Morgan fingerprint density at radius 1 is 0.281 bits per heavy atom. The molecule has 0 fully saturated rings. The topological polar surface area (TPSA) is 46.5 Å². The summed E-state index contributed by atoms with van der Waals surface area (Å²) in [6, 6.07) is 0. The second-order valence-electron chi connectivity index (χ2n) is 21.2. The Morgan fingerprint density at radius 2 is 0.469 bits per heavy atom. The third-order valence-corrected chi connectivity index (χ3v) is 14.6. The predicted octanol–water partition coefficient (Wildman–Crippen LogP) is 21.8. The molecule has 0 saturated heterocycles. The van der Waals surface area contributed by atoms with E-state index in [9.17, 15) is 9.90 Å². The Morgan fingerprint density at radius 3 is 0.719 bits per heavy atom. The fourth-order valence-electron chi connectivity index (χ4n) is 9.99. The van der Waals surface area contributed by atoms with E-state index in [2.05, 4.69) is 13.8 Å². The molecule has 0 rings (SSSR count). The highest BCUT2D eigenvalue weighted by Gasteiger charge is 2.05. The number of aliphatic hydroxyl groups excluding tert-OH is 1. The molecule has 0 saturated carbocycles. The monoisotopic (exact) mass is 903 g/mol. The minimum atomic E-state index is -0.0801. The number of ether oxygens (including phenoxy) is 1. The van der Waals surface area contributed by atoms with E-state index < -0.39 is 0 Å². The van der Waals surface area contributed by atoms with Gasteiger partial charge in [-0.15, -0.1) is 0 Å². The Labute approximate surface area is 405 Å². The van der Waals surface area contributed by atoms with Crippen molar-refractivity contribution in [3.63, 3.8) is 0 Å². The molecule has 0 aliphatic carbocycles. The van der Waals surface area contributed by atoms with E-state index in [0.29, 0.717) is 13.0 Å². The van der Waals surface area contributed by atoms with Crippen LogP contribution in [-0.4, -0.2) is 23.8 Å². The fourth-order valence-corrected chi connectivity index (χ4v) is 9.99. The van der Waals surface area contributed by atoms with Gasteiger partial charge in [0.2, 0.25) is 0 Å².